The summed E-state index contributed by atoms with van der Waals surface area (Å²) in [6.07, 6.45) is -0.801. The molecule has 1 aliphatic rings. The molecule has 7 heteroatoms. The lowest BCUT2D eigenvalue weighted by Gasteiger charge is -2.05. The van der Waals surface area contributed by atoms with Gasteiger partial charge in [-0.3, -0.25) is 0 Å². The van der Waals surface area contributed by atoms with Crippen LogP contribution in [0.25, 0.3) is 22.2 Å². The van der Waals surface area contributed by atoms with Crippen molar-refractivity contribution >= 4 is 28.5 Å². The maximum atomic E-state index is 14.0. The van der Waals surface area contributed by atoms with Gasteiger partial charge in [-0.15, -0.1) is 0 Å². The molecule has 23 heavy (non-hydrogen) atoms. The Morgan fingerprint density at radius 2 is 2.17 bits per heavy atom. The van der Waals surface area contributed by atoms with E-state index in [0.29, 0.717) is 22.2 Å². The first-order chi connectivity index (χ1) is 11.1. The highest BCUT2D eigenvalue weighted by Gasteiger charge is 2.33. The molecule has 0 fully saturated rings. The second-order valence-electron chi connectivity index (χ2n) is 5.22. The maximum Gasteiger partial charge on any atom is 0.345 e. The summed E-state index contributed by atoms with van der Waals surface area (Å²) in [4.78, 5) is 11.1. The fourth-order valence-corrected chi connectivity index (χ4v) is 3.02. The fraction of sp³-hybridized carbons (Fsp3) is 0.125. The lowest BCUT2D eigenvalue weighted by molar-refractivity contribution is -0.144. The van der Waals surface area contributed by atoms with Gasteiger partial charge in [0.2, 0.25) is 0 Å². The molecule has 116 valence electrons. The molecule has 0 spiro atoms. The largest absolute Gasteiger partial charge is 0.478 e. The average Bonchev–Trinajstić information content (AvgIpc) is 3.13. The van der Waals surface area contributed by atoms with Crippen molar-refractivity contribution in [3.05, 3.63) is 46.7 Å². The molecule has 4 rings (SSSR count). The summed E-state index contributed by atoms with van der Waals surface area (Å²) in [5.41, 5.74) is 1.21. The lowest BCUT2D eigenvalue weighted by atomic mass is 10.0. The normalized spacial score (nSPS) is 16.3. The molecule has 1 unspecified atom stereocenters. The van der Waals surface area contributed by atoms with Crippen LogP contribution in [0.1, 0.15) is 5.56 Å². The molecule has 0 bridgehead atoms. The highest BCUT2D eigenvalue weighted by Crippen LogP contribution is 2.43. The van der Waals surface area contributed by atoms with Gasteiger partial charge in [-0.05, 0) is 18.2 Å². The Morgan fingerprint density at radius 1 is 1.39 bits per heavy atom. The molecule has 0 aliphatic carbocycles. The van der Waals surface area contributed by atoms with Crippen LogP contribution in [0.3, 0.4) is 0 Å². The summed E-state index contributed by atoms with van der Waals surface area (Å²) in [5, 5.41) is 13.7. The van der Waals surface area contributed by atoms with Crippen molar-refractivity contribution in [3.8, 4) is 17.1 Å². The number of rotatable bonds is 2. The van der Waals surface area contributed by atoms with E-state index >= 15 is 0 Å². The number of aromatic nitrogens is 1. The van der Waals surface area contributed by atoms with Crippen molar-refractivity contribution < 1.29 is 23.6 Å². The van der Waals surface area contributed by atoms with Gasteiger partial charge in [0.1, 0.15) is 22.1 Å². The van der Waals surface area contributed by atoms with Gasteiger partial charge >= 0.3 is 5.97 Å². The van der Waals surface area contributed by atoms with Crippen LogP contribution in [0.15, 0.2) is 34.9 Å². The third-order valence-electron chi connectivity index (χ3n) is 3.80. The Labute approximate surface area is 134 Å². The van der Waals surface area contributed by atoms with Crippen molar-refractivity contribution in [3.63, 3.8) is 0 Å². The van der Waals surface area contributed by atoms with E-state index in [-0.39, 0.29) is 22.8 Å². The van der Waals surface area contributed by atoms with Gasteiger partial charge in [0.25, 0.3) is 0 Å². The molecular formula is C16H9ClFNO4. The zero-order chi connectivity index (χ0) is 16.1. The van der Waals surface area contributed by atoms with Crippen LogP contribution in [-0.2, 0) is 11.2 Å². The van der Waals surface area contributed by atoms with Crippen molar-refractivity contribution in [1.29, 1.82) is 0 Å². The van der Waals surface area contributed by atoms with Gasteiger partial charge < -0.3 is 14.4 Å². The standard InChI is InChI=1S/C16H9ClFNO4/c17-12-13-9(5-7-6-11(16(20)21)22-14(7)12)15(23-19-13)8-3-1-2-4-10(8)18/h1-5,11H,6H2,(H,20,21). The van der Waals surface area contributed by atoms with E-state index in [9.17, 15) is 9.18 Å². The van der Waals surface area contributed by atoms with E-state index in [1.807, 2.05) is 0 Å². The van der Waals surface area contributed by atoms with E-state index in [0.717, 1.165) is 0 Å². The number of carboxylic acids is 1. The summed E-state index contributed by atoms with van der Waals surface area (Å²) < 4.78 is 24.6. The van der Waals surface area contributed by atoms with Crippen LogP contribution in [0.2, 0.25) is 5.02 Å². The molecule has 2 heterocycles. The predicted molar refractivity (Wildman–Crippen MR) is 80.2 cm³/mol. The number of hydrogen-bond donors (Lipinski definition) is 1. The fourth-order valence-electron chi connectivity index (χ4n) is 2.72. The molecule has 1 aromatic heterocycles. The lowest BCUT2D eigenvalue weighted by Crippen LogP contribution is -2.24. The number of benzene rings is 2. The van der Waals surface area contributed by atoms with Crippen molar-refractivity contribution in [2.45, 2.75) is 12.5 Å². The van der Waals surface area contributed by atoms with Gasteiger partial charge in [0.05, 0.1) is 10.9 Å². The molecule has 0 saturated carbocycles. The molecule has 1 N–H and O–H groups in total. The minimum Gasteiger partial charge on any atom is -0.478 e. The molecule has 1 aliphatic heterocycles. The third-order valence-corrected chi connectivity index (χ3v) is 4.16. The van der Waals surface area contributed by atoms with Gasteiger partial charge in [0.15, 0.2) is 11.9 Å². The van der Waals surface area contributed by atoms with E-state index in [1.165, 1.54) is 6.07 Å². The number of fused-ring (bicyclic) bond motifs is 2. The Bertz CT molecular complexity index is 953. The zero-order valence-corrected chi connectivity index (χ0v) is 12.3. The first-order valence-electron chi connectivity index (χ1n) is 6.81. The van der Waals surface area contributed by atoms with Gasteiger partial charge in [0, 0.05) is 12.0 Å². The van der Waals surface area contributed by atoms with Crippen LogP contribution in [0.4, 0.5) is 4.39 Å². The molecule has 2 aromatic carbocycles. The van der Waals surface area contributed by atoms with Crippen molar-refractivity contribution in [2.75, 3.05) is 0 Å². The monoisotopic (exact) mass is 333 g/mol. The number of aliphatic carboxylic acids is 1. The van der Waals surface area contributed by atoms with Gasteiger partial charge in [-0.1, -0.05) is 28.9 Å². The van der Waals surface area contributed by atoms with E-state index < -0.39 is 17.9 Å². The first kappa shape index (κ1) is 14.0. The minimum atomic E-state index is -1.07. The van der Waals surface area contributed by atoms with Crippen molar-refractivity contribution in [2.24, 2.45) is 0 Å². The van der Waals surface area contributed by atoms with Gasteiger partial charge in [-0.25, -0.2) is 9.18 Å². The van der Waals surface area contributed by atoms with E-state index in [1.54, 1.807) is 24.3 Å². The average molecular weight is 334 g/mol. The second kappa shape index (κ2) is 4.96. The van der Waals surface area contributed by atoms with Crippen LogP contribution < -0.4 is 4.74 Å². The van der Waals surface area contributed by atoms with Crippen LogP contribution in [-0.4, -0.2) is 22.3 Å². The maximum absolute atomic E-state index is 14.0. The Kier molecular flexibility index (Phi) is 3.02. The zero-order valence-electron chi connectivity index (χ0n) is 11.5. The molecule has 3 aromatic rings. The number of hydrogen-bond acceptors (Lipinski definition) is 4. The quantitative estimate of drug-likeness (QED) is 0.774. The SMILES string of the molecule is O=C(O)C1Cc2cc3c(-c4ccccc4F)onc3c(Cl)c2O1. The molecule has 0 radical (unpaired) electrons. The second-order valence-corrected chi connectivity index (χ2v) is 5.59. The minimum absolute atomic E-state index is 0.174. The highest BCUT2D eigenvalue weighted by atomic mass is 35.5. The van der Waals surface area contributed by atoms with Crippen LogP contribution in [0, 0.1) is 5.82 Å². The number of carbonyl (C=O) groups is 1. The topological polar surface area (TPSA) is 72.6 Å². The van der Waals surface area contributed by atoms with Crippen LogP contribution >= 0.6 is 11.6 Å². The summed E-state index contributed by atoms with van der Waals surface area (Å²) in [6, 6.07) is 7.85. The molecule has 0 saturated heterocycles. The smallest absolute Gasteiger partial charge is 0.345 e. The molecule has 5 nitrogen and oxygen atoms in total. The Hall–Kier alpha value is -2.60. The Balaban J connectivity index is 1.92. The first-order valence-corrected chi connectivity index (χ1v) is 7.19. The summed E-state index contributed by atoms with van der Waals surface area (Å²) in [7, 11) is 0. The molecule has 1 atom stereocenters. The van der Waals surface area contributed by atoms with Crippen molar-refractivity contribution in [1.82, 2.24) is 5.16 Å². The number of carboxylic acid groups (broad SMARTS) is 1. The Morgan fingerprint density at radius 3 is 2.91 bits per heavy atom. The molecule has 0 amide bonds. The summed E-state index contributed by atoms with van der Waals surface area (Å²) in [5.74, 6) is -0.965. The summed E-state index contributed by atoms with van der Waals surface area (Å²) in [6.45, 7) is 0. The van der Waals surface area contributed by atoms with Gasteiger partial charge in [-0.2, -0.15) is 0 Å². The highest BCUT2D eigenvalue weighted by molar-refractivity contribution is 6.37. The van der Waals surface area contributed by atoms with E-state index in [4.69, 9.17) is 26.0 Å². The number of ether oxygens (including phenoxy) is 1. The molecular weight excluding hydrogens is 325 g/mol. The van der Waals surface area contributed by atoms with E-state index in [2.05, 4.69) is 5.16 Å². The third kappa shape index (κ3) is 2.06. The van der Waals surface area contributed by atoms with Crippen LogP contribution in [0.5, 0.6) is 5.75 Å². The predicted octanol–water partition coefficient (Wildman–Crippen LogP) is 3.68. The summed E-state index contributed by atoms with van der Waals surface area (Å²) >= 11 is 6.26. The number of halogens is 2. The number of nitrogens with zero attached hydrogens (tertiary/aromatic N) is 1.